The highest BCUT2D eigenvalue weighted by Gasteiger charge is 2.01. The molecular weight excluding hydrogens is 213 g/mol. The molecule has 0 aliphatic rings. The summed E-state index contributed by atoms with van der Waals surface area (Å²) >= 11 is 0. The summed E-state index contributed by atoms with van der Waals surface area (Å²) in [6.07, 6.45) is 0. The second kappa shape index (κ2) is 4.58. The van der Waals surface area contributed by atoms with Gasteiger partial charge in [0.1, 0.15) is 5.82 Å². The van der Waals surface area contributed by atoms with Crippen LogP contribution in [0.25, 0.3) is 0 Å². The van der Waals surface area contributed by atoms with E-state index < -0.39 is 0 Å². The highest BCUT2D eigenvalue weighted by molar-refractivity contribution is 5.61. The van der Waals surface area contributed by atoms with E-state index in [9.17, 15) is 4.39 Å². The molecule has 0 bridgehead atoms. The number of halogens is 1. The summed E-state index contributed by atoms with van der Waals surface area (Å²) in [7, 11) is 0. The number of rotatable bonds is 2. The molecule has 0 fully saturated rings. The van der Waals surface area contributed by atoms with Crippen molar-refractivity contribution in [2.45, 2.75) is 20.8 Å². The fourth-order valence-corrected chi connectivity index (χ4v) is 1.66. The summed E-state index contributed by atoms with van der Waals surface area (Å²) in [5, 5.41) is 3.20. The lowest BCUT2D eigenvalue weighted by molar-refractivity contribution is 0.619. The van der Waals surface area contributed by atoms with Crippen LogP contribution in [-0.4, -0.2) is 0 Å². The van der Waals surface area contributed by atoms with E-state index in [1.165, 1.54) is 17.2 Å². The van der Waals surface area contributed by atoms with Gasteiger partial charge in [0.15, 0.2) is 0 Å². The van der Waals surface area contributed by atoms with E-state index in [-0.39, 0.29) is 5.82 Å². The predicted octanol–water partition coefficient (Wildman–Crippen LogP) is 4.49. The van der Waals surface area contributed by atoms with Crippen molar-refractivity contribution in [2.75, 3.05) is 5.32 Å². The minimum Gasteiger partial charge on any atom is -0.355 e. The number of hydrogen-bond acceptors (Lipinski definition) is 1. The quantitative estimate of drug-likeness (QED) is 0.799. The number of anilines is 2. The first-order chi connectivity index (χ1) is 8.06. The molecule has 2 aromatic rings. The van der Waals surface area contributed by atoms with Crippen molar-refractivity contribution in [3.63, 3.8) is 0 Å². The zero-order valence-corrected chi connectivity index (χ0v) is 10.3. The molecule has 17 heavy (non-hydrogen) atoms. The number of benzene rings is 2. The van der Waals surface area contributed by atoms with Gasteiger partial charge in [-0.3, -0.25) is 0 Å². The van der Waals surface area contributed by atoms with Gasteiger partial charge in [-0.05, 0) is 61.7 Å². The smallest absolute Gasteiger partial charge is 0.128 e. The maximum absolute atomic E-state index is 13.4. The Kier molecular flexibility index (Phi) is 3.14. The zero-order chi connectivity index (χ0) is 12.4. The molecule has 0 spiro atoms. The standard InChI is InChI=1S/C15H16FN/c1-10-4-6-13(8-12(10)3)17-14-7-5-11(2)15(16)9-14/h4-9,17H,1-3H3. The van der Waals surface area contributed by atoms with Gasteiger partial charge in [0.05, 0.1) is 0 Å². The molecule has 1 N–H and O–H groups in total. The third-order valence-electron chi connectivity index (χ3n) is 2.97. The lowest BCUT2D eigenvalue weighted by Gasteiger charge is -2.09. The minimum atomic E-state index is -0.182. The molecule has 0 unspecified atom stereocenters. The van der Waals surface area contributed by atoms with Crippen molar-refractivity contribution < 1.29 is 4.39 Å². The molecule has 0 amide bonds. The Morgan fingerprint density at radius 3 is 1.94 bits per heavy atom. The first kappa shape index (κ1) is 11.6. The monoisotopic (exact) mass is 229 g/mol. The van der Waals surface area contributed by atoms with Crippen LogP contribution in [0.3, 0.4) is 0 Å². The SMILES string of the molecule is Cc1ccc(Nc2ccc(C)c(F)c2)cc1C. The fraction of sp³-hybridized carbons (Fsp3) is 0.200. The molecule has 2 aromatic carbocycles. The minimum absolute atomic E-state index is 0.182. The molecule has 0 atom stereocenters. The van der Waals surface area contributed by atoms with Gasteiger partial charge < -0.3 is 5.32 Å². The van der Waals surface area contributed by atoms with Gasteiger partial charge in [0.25, 0.3) is 0 Å². The molecule has 2 rings (SSSR count). The lowest BCUT2D eigenvalue weighted by Crippen LogP contribution is -1.93. The van der Waals surface area contributed by atoms with E-state index in [1.807, 2.05) is 12.1 Å². The van der Waals surface area contributed by atoms with Gasteiger partial charge in [0.2, 0.25) is 0 Å². The number of aryl methyl sites for hydroxylation is 3. The van der Waals surface area contributed by atoms with Crippen LogP contribution in [0.15, 0.2) is 36.4 Å². The van der Waals surface area contributed by atoms with Crippen LogP contribution in [0.5, 0.6) is 0 Å². The molecule has 0 saturated heterocycles. The molecule has 1 nitrogen and oxygen atoms in total. The topological polar surface area (TPSA) is 12.0 Å². The average molecular weight is 229 g/mol. The van der Waals surface area contributed by atoms with Crippen LogP contribution < -0.4 is 5.32 Å². The second-order valence-corrected chi connectivity index (χ2v) is 4.39. The van der Waals surface area contributed by atoms with E-state index in [4.69, 9.17) is 0 Å². The molecule has 0 radical (unpaired) electrons. The van der Waals surface area contributed by atoms with Gasteiger partial charge in [-0.15, -0.1) is 0 Å². The zero-order valence-electron chi connectivity index (χ0n) is 10.3. The first-order valence-electron chi connectivity index (χ1n) is 5.67. The molecular formula is C15H16FN. The van der Waals surface area contributed by atoms with E-state index in [0.717, 1.165) is 11.4 Å². The summed E-state index contributed by atoms with van der Waals surface area (Å²) in [6.45, 7) is 5.90. The van der Waals surface area contributed by atoms with Crippen LogP contribution in [0.1, 0.15) is 16.7 Å². The van der Waals surface area contributed by atoms with Crippen molar-refractivity contribution in [3.8, 4) is 0 Å². The molecule has 0 aliphatic heterocycles. The first-order valence-corrected chi connectivity index (χ1v) is 5.67. The Balaban J connectivity index is 2.25. The van der Waals surface area contributed by atoms with Crippen molar-refractivity contribution in [1.29, 1.82) is 0 Å². The lowest BCUT2D eigenvalue weighted by atomic mass is 10.1. The third kappa shape index (κ3) is 2.64. The Bertz CT molecular complexity index is 497. The van der Waals surface area contributed by atoms with E-state index >= 15 is 0 Å². The van der Waals surface area contributed by atoms with E-state index in [2.05, 4.69) is 31.3 Å². The van der Waals surface area contributed by atoms with Crippen LogP contribution in [0, 0.1) is 26.6 Å². The Morgan fingerprint density at radius 1 is 0.765 bits per heavy atom. The van der Waals surface area contributed by atoms with Crippen LogP contribution in [-0.2, 0) is 0 Å². The maximum atomic E-state index is 13.4. The van der Waals surface area contributed by atoms with Crippen molar-refractivity contribution in [3.05, 3.63) is 58.9 Å². The van der Waals surface area contributed by atoms with Gasteiger partial charge in [-0.2, -0.15) is 0 Å². The Morgan fingerprint density at radius 2 is 1.35 bits per heavy atom. The van der Waals surface area contributed by atoms with Gasteiger partial charge >= 0.3 is 0 Å². The maximum Gasteiger partial charge on any atom is 0.128 e. The van der Waals surface area contributed by atoms with E-state index in [1.54, 1.807) is 13.0 Å². The summed E-state index contributed by atoms with van der Waals surface area (Å²) in [5.74, 6) is -0.182. The molecule has 0 heterocycles. The van der Waals surface area contributed by atoms with Crippen LogP contribution in [0.4, 0.5) is 15.8 Å². The van der Waals surface area contributed by atoms with Crippen LogP contribution >= 0.6 is 0 Å². The summed E-state index contributed by atoms with van der Waals surface area (Å²) < 4.78 is 13.4. The number of nitrogens with one attached hydrogen (secondary N) is 1. The van der Waals surface area contributed by atoms with Gasteiger partial charge in [-0.25, -0.2) is 4.39 Å². The predicted molar refractivity (Wildman–Crippen MR) is 70.3 cm³/mol. The number of hydrogen-bond donors (Lipinski definition) is 1. The van der Waals surface area contributed by atoms with Crippen molar-refractivity contribution in [2.24, 2.45) is 0 Å². The molecule has 88 valence electrons. The summed E-state index contributed by atoms with van der Waals surface area (Å²) in [6, 6.07) is 11.3. The van der Waals surface area contributed by atoms with Gasteiger partial charge in [-0.1, -0.05) is 12.1 Å². The molecule has 0 aliphatic carbocycles. The fourth-order valence-electron chi connectivity index (χ4n) is 1.66. The third-order valence-corrected chi connectivity index (χ3v) is 2.97. The molecule has 2 heteroatoms. The van der Waals surface area contributed by atoms with Crippen molar-refractivity contribution in [1.82, 2.24) is 0 Å². The summed E-state index contributed by atoms with van der Waals surface area (Å²) in [5.41, 5.74) is 4.90. The Labute approximate surface area is 101 Å². The van der Waals surface area contributed by atoms with Crippen LogP contribution in [0.2, 0.25) is 0 Å². The molecule has 0 saturated carbocycles. The van der Waals surface area contributed by atoms with Crippen molar-refractivity contribution >= 4 is 11.4 Å². The normalized spacial score (nSPS) is 10.4. The average Bonchev–Trinajstić information content (AvgIpc) is 2.29. The second-order valence-electron chi connectivity index (χ2n) is 4.39. The van der Waals surface area contributed by atoms with E-state index in [0.29, 0.717) is 5.56 Å². The largest absolute Gasteiger partial charge is 0.355 e. The van der Waals surface area contributed by atoms with Gasteiger partial charge in [0, 0.05) is 11.4 Å². The highest BCUT2D eigenvalue weighted by atomic mass is 19.1. The Hall–Kier alpha value is -1.83. The summed E-state index contributed by atoms with van der Waals surface area (Å²) in [4.78, 5) is 0. The highest BCUT2D eigenvalue weighted by Crippen LogP contribution is 2.21. The molecule has 0 aromatic heterocycles.